The normalized spacial score (nSPS) is 13.5. The fraction of sp³-hybridized carbons (Fsp3) is 0.738. The molecule has 1 N–H and O–H groups in total. The van der Waals surface area contributed by atoms with Gasteiger partial charge in [0.15, 0.2) is 6.10 Å². The predicted molar refractivity (Wildman–Crippen MR) is 207 cm³/mol. The number of carbonyl (C=O) groups is 3. The van der Waals surface area contributed by atoms with Gasteiger partial charge in [-0.05, 0) is 64.2 Å². The Morgan fingerprint density at radius 2 is 1.06 bits per heavy atom. The Kier molecular flexibility index (Phi) is 32.5. The van der Waals surface area contributed by atoms with Crippen LogP contribution in [0.4, 0.5) is 0 Å². The number of hydrogen-bond acceptors (Lipinski definition) is 7. The van der Waals surface area contributed by atoms with Crippen LogP contribution < -0.4 is 0 Å². The molecule has 0 rings (SSSR count). The Morgan fingerprint density at radius 3 is 1.55 bits per heavy atom. The number of ether oxygens (including phenoxy) is 4. The third kappa shape index (κ3) is 35.4. The van der Waals surface area contributed by atoms with E-state index in [0.29, 0.717) is 17.4 Å². The highest BCUT2D eigenvalue weighted by atomic mass is 16.7. The maximum Gasteiger partial charge on any atom is 0.361 e. The SMILES string of the molecule is CCC/C=C\C/C=C\CCCCCCCC(=O)OCC(COC(OCC[N+](C)(C)C)C(=O)O)OC(=O)CCCCCCC/C=C\C/C=C\CCC. The number of esters is 2. The van der Waals surface area contributed by atoms with E-state index >= 15 is 0 Å². The maximum atomic E-state index is 12.7. The number of hydrogen-bond donors (Lipinski definition) is 1. The van der Waals surface area contributed by atoms with Crippen LogP contribution in [0.15, 0.2) is 48.6 Å². The first-order valence-corrected chi connectivity index (χ1v) is 19.8. The lowest BCUT2D eigenvalue weighted by Crippen LogP contribution is -2.40. The fourth-order valence-electron chi connectivity index (χ4n) is 4.91. The lowest BCUT2D eigenvalue weighted by molar-refractivity contribution is -0.870. The average Bonchev–Trinajstić information content (AvgIpc) is 3.08. The monoisotopic (exact) mass is 721 g/mol. The standard InChI is InChI=1S/C42H73NO8/c1-6-8-10-12-14-16-18-20-22-24-26-28-30-32-39(44)49-36-38(37-50-42(41(46)47)48-35-34-43(3,4)5)51-40(45)33-31-29-27-25-23-21-19-17-15-13-11-9-7-2/h10-13,16-19,38,42H,6-9,14-15,20-37H2,1-5H3/p+1/b12-10-,13-11-,18-16-,19-17-. The van der Waals surface area contributed by atoms with Crippen LogP contribution in [0.25, 0.3) is 0 Å². The van der Waals surface area contributed by atoms with E-state index in [1.54, 1.807) is 0 Å². The van der Waals surface area contributed by atoms with Crippen LogP contribution in [0, 0.1) is 0 Å². The van der Waals surface area contributed by atoms with Crippen LogP contribution in [0.5, 0.6) is 0 Å². The van der Waals surface area contributed by atoms with Crippen molar-refractivity contribution in [1.29, 1.82) is 0 Å². The lowest BCUT2D eigenvalue weighted by Gasteiger charge is -2.25. The quantitative estimate of drug-likeness (QED) is 0.0227. The molecule has 0 fully saturated rings. The molecule has 0 aromatic carbocycles. The van der Waals surface area contributed by atoms with Crippen LogP contribution in [-0.2, 0) is 33.3 Å². The van der Waals surface area contributed by atoms with Gasteiger partial charge in [-0.15, -0.1) is 0 Å². The smallest absolute Gasteiger partial charge is 0.361 e. The second-order valence-corrected chi connectivity index (χ2v) is 14.2. The highest BCUT2D eigenvalue weighted by Gasteiger charge is 2.25. The summed E-state index contributed by atoms with van der Waals surface area (Å²) < 4.78 is 22.6. The molecule has 9 nitrogen and oxygen atoms in total. The van der Waals surface area contributed by atoms with Gasteiger partial charge in [0.05, 0.1) is 34.4 Å². The zero-order chi connectivity index (χ0) is 37.8. The maximum absolute atomic E-state index is 12.7. The van der Waals surface area contributed by atoms with Gasteiger partial charge >= 0.3 is 17.9 Å². The topological polar surface area (TPSA) is 108 Å². The molecule has 0 aromatic rings. The van der Waals surface area contributed by atoms with E-state index in [0.717, 1.165) is 96.3 Å². The summed E-state index contributed by atoms with van der Waals surface area (Å²) in [4.78, 5) is 36.9. The van der Waals surface area contributed by atoms with E-state index in [9.17, 15) is 19.5 Å². The van der Waals surface area contributed by atoms with Crippen molar-refractivity contribution in [2.45, 2.75) is 155 Å². The Bertz CT molecular complexity index is 982. The Hall–Kier alpha value is -2.75. The fourth-order valence-corrected chi connectivity index (χ4v) is 4.91. The Labute approximate surface area is 311 Å². The van der Waals surface area contributed by atoms with Gasteiger partial charge in [-0.25, -0.2) is 4.79 Å². The summed E-state index contributed by atoms with van der Waals surface area (Å²) in [7, 11) is 5.93. The van der Waals surface area contributed by atoms with Gasteiger partial charge < -0.3 is 28.5 Å². The molecule has 0 saturated heterocycles. The zero-order valence-corrected chi connectivity index (χ0v) is 33.0. The number of quaternary nitrogens is 1. The average molecular weight is 721 g/mol. The van der Waals surface area contributed by atoms with Gasteiger partial charge in [-0.3, -0.25) is 9.59 Å². The van der Waals surface area contributed by atoms with E-state index in [2.05, 4.69) is 62.5 Å². The lowest BCUT2D eigenvalue weighted by atomic mass is 10.1. The van der Waals surface area contributed by atoms with Gasteiger partial charge in [0.25, 0.3) is 6.29 Å². The summed E-state index contributed by atoms with van der Waals surface area (Å²) in [6, 6.07) is 0. The summed E-state index contributed by atoms with van der Waals surface area (Å²) in [5.74, 6) is -2.06. The van der Waals surface area contributed by atoms with Crippen LogP contribution in [0.1, 0.15) is 142 Å². The summed E-state index contributed by atoms with van der Waals surface area (Å²) in [5, 5.41) is 9.59. The Morgan fingerprint density at radius 1 is 0.588 bits per heavy atom. The van der Waals surface area contributed by atoms with Gasteiger partial charge in [0.2, 0.25) is 0 Å². The molecule has 0 radical (unpaired) electrons. The van der Waals surface area contributed by atoms with Crippen molar-refractivity contribution in [3.63, 3.8) is 0 Å². The number of likely N-dealkylation sites (N-methyl/N-ethyl adjacent to an activating group) is 1. The minimum Gasteiger partial charge on any atom is -0.477 e. The molecule has 0 bridgehead atoms. The second kappa shape index (κ2) is 34.3. The number of rotatable bonds is 35. The molecular formula is C42H74NO8+. The number of carbonyl (C=O) groups excluding carboxylic acids is 2. The minimum absolute atomic E-state index is 0.181. The number of carboxylic acid groups (broad SMARTS) is 1. The van der Waals surface area contributed by atoms with Crippen LogP contribution in [-0.4, -0.2) is 87.4 Å². The van der Waals surface area contributed by atoms with E-state index in [-0.39, 0.29) is 38.6 Å². The second-order valence-electron chi connectivity index (χ2n) is 14.2. The van der Waals surface area contributed by atoms with Crippen LogP contribution in [0.2, 0.25) is 0 Å². The summed E-state index contributed by atoms with van der Waals surface area (Å²) in [5.41, 5.74) is 0. The van der Waals surface area contributed by atoms with Crippen molar-refractivity contribution in [3.8, 4) is 0 Å². The van der Waals surface area contributed by atoms with Crippen molar-refractivity contribution in [2.75, 3.05) is 47.5 Å². The van der Waals surface area contributed by atoms with Gasteiger partial charge in [-0.1, -0.05) is 114 Å². The molecule has 0 aromatic heterocycles. The van der Waals surface area contributed by atoms with Crippen molar-refractivity contribution >= 4 is 17.9 Å². The molecule has 0 aliphatic heterocycles. The number of unbranched alkanes of at least 4 members (excludes halogenated alkanes) is 12. The number of allylic oxidation sites excluding steroid dienone is 8. The van der Waals surface area contributed by atoms with E-state index < -0.39 is 24.3 Å². The molecule has 0 saturated carbocycles. The molecule has 0 heterocycles. The predicted octanol–water partition coefficient (Wildman–Crippen LogP) is 9.66. The molecule has 0 spiro atoms. The van der Waals surface area contributed by atoms with Crippen molar-refractivity contribution in [1.82, 2.24) is 0 Å². The molecule has 9 heteroatoms. The Balaban J connectivity index is 4.58. The third-order valence-electron chi connectivity index (χ3n) is 8.02. The first-order chi connectivity index (χ1) is 24.6. The van der Waals surface area contributed by atoms with Crippen LogP contribution in [0.3, 0.4) is 0 Å². The van der Waals surface area contributed by atoms with Gasteiger partial charge in [-0.2, -0.15) is 0 Å². The number of aliphatic carboxylic acids is 1. The molecule has 0 aliphatic rings. The van der Waals surface area contributed by atoms with Gasteiger partial charge in [0, 0.05) is 12.8 Å². The largest absolute Gasteiger partial charge is 0.477 e. The minimum atomic E-state index is -1.51. The van der Waals surface area contributed by atoms with E-state index in [1.807, 2.05) is 21.1 Å². The first-order valence-electron chi connectivity index (χ1n) is 19.8. The molecule has 0 aliphatic carbocycles. The van der Waals surface area contributed by atoms with Gasteiger partial charge in [0.1, 0.15) is 13.2 Å². The molecule has 51 heavy (non-hydrogen) atoms. The molecular weight excluding hydrogens is 646 g/mol. The van der Waals surface area contributed by atoms with E-state index in [1.165, 1.54) is 12.8 Å². The summed E-state index contributed by atoms with van der Waals surface area (Å²) >= 11 is 0. The zero-order valence-electron chi connectivity index (χ0n) is 33.0. The van der Waals surface area contributed by atoms with Crippen LogP contribution >= 0.6 is 0 Å². The molecule has 0 amide bonds. The molecule has 2 unspecified atom stereocenters. The number of carboxylic acids is 1. The van der Waals surface area contributed by atoms with Crippen molar-refractivity contribution in [3.05, 3.63) is 48.6 Å². The summed E-state index contributed by atoms with van der Waals surface area (Å²) in [6.07, 6.45) is 34.5. The highest BCUT2D eigenvalue weighted by Crippen LogP contribution is 2.12. The summed E-state index contributed by atoms with van der Waals surface area (Å²) in [6.45, 7) is 4.67. The highest BCUT2D eigenvalue weighted by molar-refractivity contribution is 5.71. The first kappa shape index (κ1) is 48.2. The third-order valence-corrected chi connectivity index (χ3v) is 8.02. The van der Waals surface area contributed by atoms with Crippen molar-refractivity contribution < 1.29 is 42.9 Å². The molecule has 2 atom stereocenters. The van der Waals surface area contributed by atoms with E-state index in [4.69, 9.17) is 18.9 Å². The number of nitrogens with zero attached hydrogens (tertiary/aromatic N) is 1. The molecule has 294 valence electrons. The van der Waals surface area contributed by atoms with Crippen molar-refractivity contribution in [2.24, 2.45) is 0 Å².